The summed E-state index contributed by atoms with van der Waals surface area (Å²) in [5.74, 6) is 0.719. The van der Waals surface area contributed by atoms with Gasteiger partial charge in [0.2, 0.25) is 0 Å². The number of carbonyl (C=O) groups is 1. The molecule has 1 N–H and O–H groups in total. The first-order valence-corrected chi connectivity index (χ1v) is 11.6. The zero-order valence-electron chi connectivity index (χ0n) is 18.6. The number of methoxy groups -OCH3 is 1. The molecule has 1 saturated carbocycles. The van der Waals surface area contributed by atoms with Crippen molar-refractivity contribution in [2.75, 3.05) is 12.4 Å². The largest absolute Gasteiger partial charge is 0.497 e. The highest BCUT2D eigenvalue weighted by Gasteiger charge is 2.30. The van der Waals surface area contributed by atoms with Crippen LogP contribution in [0, 0.1) is 5.82 Å². The number of urea groups is 1. The average Bonchev–Trinajstić information content (AvgIpc) is 2.85. The average molecular weight is 467 g/mol. The van der Waals surface area contributed by atoms with Gasteiger partial charge in [-0.3, -0.25) is 0 Å². The normalized spacial score (nSPS) is 17.9. The quantitative estimate of drug-likeness (QED) is 0.415. The van der Waals surface area contributed by atoms with Crippen molar-refractivity contribution < 1.29 is 13.9 Å². The van der Waals surface area contributed by atoms with Gasteiger partial charge in [0.05, 0.1) is 12.8 Å². The summed E-state index contributed by atoms with van der Waals surface area (Å²) in [6.45, 7) is 0.436. The van der Waals surface area contributed by atoms with Crippen molar-refractivity contribution in [3.05, 3.63) is 94.8 Å². The van der Waals surface area contributed by atoms with Gasteiger partial charge in [-0.1, -0.05) is 54.1 Å². The fourth-order valence-electron chi connectivity index (χ4n) is 4.52. The zero-order valence-corrected chi connectivity index (χ0v) is 19.4. The molecule has 0 bridgehead atoms. The van der Waals surface area contributed by atoms with Crippen molar-refractivity contribution in [1.29, 1.82) is 0 Å². The van der Waals surface area contributed by atoms with Crippen LogP contribution in [0.25, 0.3) is 0 Å². The molecule has 172 valence electrons. The van der Waals surface area contributed by atoms with Gasteiger partial charge in [0.25, 0.3) is 0 Å². The monoisotopic (exact) mass is 466 g/mol. The Morgan fingerprint density at radius 1 is 1.03 bits per heavy atom. The second kappa shape index (κ2) is 10.7. The van der Waals surface area contributed by atoms with Gasteiger partial charge in [-0.2, -0.15) is 0 Å². The highest BCUT2D eigenvalue weighted by atomic mass is 35.5. The van der Waals surface area contributed by atoms with Gasteiger partial charge in [-0.15, -0.1) is 0 Å². The first-order chi connectivity index (χ1) is 16.0. The second-order valence-corrected chi connectivity index (χ2v) is 8.88. The third kappa shape index (κ3) is 5.85. The number of hydrogen-bond donors (Lipinski definition) is 1. The summed E-state index contributed by atoms with van der Waals surface area (Å²) in [4.78, 5) is 15.1. The first kappa shape index (κ1) is 23.1. The standard InChI is InChI=1S/C27H28ClFN2O2/c1-33-24-14-7-19(8-15-24)18-31(27(32)30-26-16-11-22(28)17-25(26)29)23-12-9-21(10-13-23)20-5-3-2-4-6-20/h2-8,11,14-17,21,23H,9-10,12-13,18H2,1H3,(H,30,32)/t21-,23-. The Balaban J connectivity index is 1.51. The fraction of sp³-hybridized carbons (Fsp3) is 0.296. The molecule has 0 saturated heterocycles. The maximum atomic E-state index is 14.3. The summed E-state index contributed by atoms with van der Waals surface area (Å²) in [5, 5.41) is 3.04. The molecule has 4 rings (SSSR count). The molecule has 3 aromatic rings. The minimum atomic E-state index is -0.548. The summed E-state index contributed by atoms with van der Waals surface area (Å²) >= 11 is 5.86. The van der Waals surface area contributed by atoms with E-state index in [0.29, 0.717) is 17.5 Å². The van der Waals surface area contributed by atoms with E-state index < -0.39 is 5.82 Å². The van der Waals surface area contributed by atoms with Crippen molar-refractivity contribution >= 4 is 23.3 Å². The van der Waals surface area contributed by atoms with Gasteiger partial charge < -0.3 is 15.0 Å². The lowest BCUT2D eigenvalue weighted by Crippen LogP contribution is -2.44. The van der Waals surface area contributed by atoms with E-state index in [-0.39, 0.29) is 17.8 Å². The number of halogens is 2. The summed E-state index contributed by atoms with van der Waals surface area (Å²) in [7, 11) is 1.63. The van der Waals surface area contributed by atoms with Crippen molar-refractivity contribution in [3.8, 4) is 5.75 Å². The minimum absolute atomic E-state index is 0.0717. The van der Waals surface area contributed by atoms with Crippen LogP contribution < -0.4 is 10.1 Å². The Bertz CT molecular complexity index is 1070. The zero-order chi connectivity index (χ0) is 23.2. The lowest BCUT2D eigenvalue weighted by atomic mass is 9.81. The van der Waals surface area contributed by atoms with Crippen LogP contribution in [0.5, 0.6) is 5.75 Å². The Morgan fingerprint density at radius 3 is 2.36 bits per heavy atom. The smallest absolute Gasteiger partial charge is 0.322 e. The topological polar surface area (TPSA) is 41.6 Å². The van der Waals surface area contributed by atoms with Crippen molar-refractivity contribution in [2.24, 2.45) is 0 Å². The summed E-state index contributed by atoms with van der Waals surface area (Å²) in [6.07, 6.45) is 3.81. The molecular formula is C27H28ClFN2O2. The minimum Gasteiger partial charge on any atom is -0.497 e. The van der Waals surface area contributed by atoms with E-state index in [1.807, 2.05) is 35.2 Å². The number of nitrogens with zero attached hydrogens (tertiary/aromatic N) is 1. The first-order valence-electron chi connectivity index (χ1n) is 11.2. The molecule has 1 aliphatic carbocycles. The number of carbonyl (C=O) groups excluding carboxylic acids is 1. The molecule has 0 atom stereocenters. The second-order valence-electron chi connectivity index (χ2n) is 8.45. The van der Waals surface area contributed by atoms with Gasteiger partial charge >= 0.3 is 6.03 Å². The van der Waals surface area contributed by atoms with Crippen molar-refractivity contribution in [3.63, 3.8) is 0 Å². The molecule has 3 aromatic carbocycles. The van der Waals surface area contributed by atoms with Gasteiger partial charge in [0.1, 0.15) is 11.6 Å². The maximum Gasteiger partial charge on any atom is 0.322 e. The SMILES string of the molecule is COc1ccc(CN(C(=O)Nc2ccc(Cl)cc2F)[C@H]2CC[C@H](c3ccccc3)CC2)cc1. The van der Waals surface area contributed by atoms with E-state index in [0.717, 1.165) is 37.0 Å². The Kier molecular flexibility index (Phi) is 7.50. The van der Waals surface area contributed by atoms with E-state index in [2.05, 4.69) is 29.6 Å². The van der Waals surface area contributed by atoms with Crippen LogP contribution in [0.15, 0.2) is 72.8 Å². The van der Waals surface area contributed by atoms with Crippen molar-refractivity contribution in [2.45, 2.75) is 44.2 Å². The van der Waals surface area contributed by atoms with Crippen LogP contribution in [-0.4, -0.2) is 24.1 Å². The third-order valence-electron chi connectivity index (χ3n) is 6.35. The van der Waals surface area contributed by atoms with E-state index in [9.17, 15) is 9.18 Å². The lowest BCUT2D eigenvalue weighted by molar-refractivity contribution is 0.158. The summed E-state index contributed by atoms with van der Waals surface area (Å²) in [5.41, 5.74) is 2.47. The molecule has 4 nitrogen and oxygen atoms in total. The van der Waals surface area contributed by atoms with Gasteiger partial charge in [-0.25, -0.2) is 9.18 Å². The third-order valence-corrected chi connectivity index (χ3v) is 6.59. The molecule has 0 aromatic heterocycles. The Labute approximate surface area is 199 Å². The highest BCUT2D eigenvalue weighted by molar-refractivity contribution is 6.30. The molecule has 2 amide bonds. The molecule has 0 unspecified atom stereocenters. The lowest BCUT2D eigenvalue weighted by Gasteiger charge is -2.37. The summed E-state index contributed by atoms with van der Waals surface area (Å²) in [6, 6.07) is 22.2. The molecular weight excluding hydrogens is 439 g/mol. The van der Waals surface area contributed by atoms with Gasteiger partial charge in [-0.05, 0) is 73.1 Å². The molecule has 6 heteroatoms. The Morgan fingerprint density at radius 2 is 1.73 bits per heavy atom. The van der Waals surface area contributed by atoms with Crippen LogP contribution in [0.4, 0.5) is 14.9 Å². The van der Waals surface area contributed by atoms with Crippen molar-refractivity contribution in [1.82, 2.24) is 4.90 Å². The number of hydrogen-bond acceptors (Lipinski definition) is 2. The molecule has 0 spiro atoms. The van der Waals surface area contributed by atoms with Gasteiger partial charge in [0.15, 0.2) is 0 Å². The molecule has 1 fully saturated rings. The maximum absolute atomic E-state index is 14.3. The Hall–Kier alpha value is -3.05. The number of amides is 2. The number of benzene rings is 3. The van der Waals surface area contributed by atoms with Crippen LogP contribution in [-0.2, 0) is 6.54 Å². The molecule has 0 aliphatic heterocycles. The molecule has 0 radical (unpaired) electrons. The van der Waals surface area contributed by atoms with E-state index >= 15 is 0 Å². The molecule has 0 heterocycles. The fourth-order valence-corrected chi connectivity index (χ4v) is 4.68. The molecule has 1 aliphatic rings. The number of rotatable bonds is 6. The van der Waals surface area contributed by atoms with Crippen LogP contribution in [0.3, 0.4) is 0 Å². The van der Waals surface area contributed by atoms with E-state index in [1.54, 1.807) is 13.2 Å². The predicted molar refractivity (Wildman–Crippen MR) is 130 cm³/mol. The summed E-state index contributed by atoms with van der Waals surface area (Å²) < 4.78 is 19.6. The van der Waals surface area contributed by atoms with E-state index in [4.69, 9.17) is 16.3 Å². The molecule has 33 heavy (non-hydrogen) atoms. The van der Waals surface area contributed by atoms with E-state index in [1.165, 1.54) is 17.7 Å². The van der Waals surface area contributed by atoms with Gasteiger partial charge in [0, 0.05) is 17.6 Å². The number of ether oxygens (including phenoxy) is 1. The van der Waals surface area contributed by atoms with Crippen LogP contribution in [0.1, 0.15) is 42.7 Å². The number of nitrogens with one attached hydrogen (secondary N) is 1. The van der Waals surface area contributed by atoms with Crippen LogP contribution in [0.2, 0.25) is 5.02 Å². The van der Waals surface area contributed by atoms with Crippen LogP contribution >= 0.6 is 11.6 Å². The number of anilines is 1. The predicted octanol–water partition coefficient (Wildman–Crippen LogP) is 7.25. The highest BCUT2D eigenvalue weighted by Crippen LogP contribution is 2.35.